The molecule has 0 saturated carbocycles. The number of hydrogen-bond acceptors (Lipinski definition) is 4. The summed E-state index contributed by atoms with van der Waals surface area (Å²) < 4.78 is 10.7. The lowest BCUT2D eigenvalue weighted by Crippen LogP contribution is -2.29. The van der Waals surface area contributed by atoms with E-state index < -0.39 is 6.10 Å². The van der Waals surface area contributed by atoms with Gasteiger partial charge in [-0.1, -0.05) is 11.6 Å². The fourth-order valence-corrected chi connectivity index (χ4v) is 1.65. The van der Waals surface area contributed by atoms with Gasteiger partial charge in [0.15, 0.2) is 0 Å². The van der Waals surface area contributed by atoms with E-state index in [4.69, 9.17) is 26.8 Å². The van der Waals surface area contributed by atoms with Gasteiger partial charge in [-0.05, 0) is 39.0 Å². The predicted molar refractivity (Wildman–Crippen MR) is 81.0 cm³/mol. The molecule has 0 heterocycles. The van der Waals surface area contributed by atoms with E-state index in [1.165, 1.54) is 0 Å². The molecular formula is C14H21ClN2O3. The summed E-state index contributed by atoms with van der Waals surface area (Å²) in [6, 6.07) is 4.90. The Morgan fingerprint density at radius 1 is 1.30 bits per heavy atom. The summed E-state index contributed by atoms with van der Waals surface area (Å²) in [5.74, 6) is -0.261. The number of carbonyl (C=O) groups excluding carboxylic acids is 1. The van der Waals surface area contributed by atoms with Crippen LogP contribution in [0, 0.1) is 0 Å². The molecule has 0 bridgehead atoms. The third-order valence-electron chi connectivity index (χ3n) is 2.54. The maximum absolute atomic E-state index is 11.9. The van der Waals surface area contributed by atoms with E-state index in [9.17, 15) is 4.79 Å². The molecule has 3 N–H and O–H groups in total. The van der Waals surface area contributed by atoms with Crippen LogP contribution in [-0.2, 0) is 14.3 Å². The van der Waals surface area contributed by atoms with Crippen LogP contribution in [0.1, 0.15) is 20.8 Å². The van der Waals surface area contributed by atoms with E-state index >= 15 is 0 Å². The molecular weight excluding hydrogens is 280 g/mol. The molecule has 112 valence electrons. The molecule has 0 fully saturated rings. The summed E-state index contributed by atoms with van der Waals surface area (Å²) >= 11 is 5.79. The van der Waals surface area contributed by atoms with Crippen molar-refractivity contribution in [3.8, 4) is 0 Å². The summed E-state index contributed by atoms with van der Waals surface area (Å²) in [6.07, 6.45) is -0.433. The normalized spacial score (nSPS) is 12.4. The zero-order valence-electron chi connectivity index (χ0n) is 12.0. The number of carbonyl (C=O) groups is 1. The van der Waals surface area contributed by atoms with Crippen molar-refractivity contribution in [2.24, 2.45) is 0 Å². The number of amides is 1. The van der Waals surface area contributed by atoms with Gasteiger partial charge in [-0.2, -0.15) is 0 Å². The van der Waals surface area contributed by atoms with E-state index in [2.05, 4.69) is 5.32 Å². The Labute approximate surface area is 124 Å². The lowest BCUT2D eigenvalue weighted by atomic mass is 10.2. The molecule has 0 saturated heterocycles. The minimum Gasteiger partial charge on any atom is -0.397 e. The first-order chi connectivity index (χ1) is 9.40. The molecule has 1 rings (SSSR count). The van der Waals surface area contributed by atoms with Crippen molar-refractivity contribution in [1.82, 2.24) is 0 Å². The van der Waals surface area contributed by atoms with E-state index in [0.717, 1.165) is 0 Å². The van der Waals surface area contributed by atoms with Gasteiger partial charge in [-0.15, -0.1) is 0 Å². The van der Waals surface area contributed by atoms with Crippen LogP contribution in [0.2, 0.25) is 5.02 Å². The van der Waals surface area contributed by atoms with Crippen LogP contribution >= 0.6 is 11.6 Å². The fraction of sp³-hybridized carbons (Fsp3) is 0.500. The van der Waals surface area contributed by atoms with Gasteiger partial charge in [0.25, 0.3) is 5.91 Å². The predicted octanol–water partition coefficient (Wildman–Crippen LogP) is 2.69. The lowest BCUT2D eigenvalue weighted by Gasteiger charge is -2.15. The van der Waals surface area contributed by atoms with Crippen LogP contribution < -0.4 is 11.1 Å². The zero-order chi connectivity index (χ0) is 15.1. The SMILES string of the molecule is CC(C)OCCOC(C)C(=O)Nc1ccc(Cl)cc1N. The van der Waals surface area contributed by atoms with Gasteiger partial charge in [0.05, 0.1) is 30.7 Å². The van der Waals surface area contributed by atoms with Gasteiger partial charge in [0, 0.05) is 5.02 Å². The van der Waals surface area contributed by atoms with E-state index in [-0.39, 0.29) is 12.0 Å². The zero-order valence-corrected chi connectivity index (χ0v) is 12.7. The van der Waals surface area contributed by atoms with Crippen molar-refractivity contribution in [3.63, 3.8) is 0 Å². The Morgan fingerprint density at radius 3 is 2.55 bits per heavy atom. The van der Waals surface area contributed by atoms with Gasteiger partial charge in [0.2, 0.25) is 0 Å². The maximum Gasteiger partial charge on any atom is 0.253 e. The number of ether oxygens (including phenoxy) is 2. The molecule has 0 aromatic heterocycles. The van der Waals surface area contributed by atoms with Crippen LogP contribution in [0.25, 0.3) is 0 Å². The number of nitrogens with two attached hydrogens (primary N) is 1. The largest absolute Gasteiger partial charge is 0.397 e. The Bertz CT molecular complexity index is 452. The third-order valence-corrected chi connectivity index (χ3v) is 2.78. The highest BCUT2D eigenvalue weighted by Crippen LogP contribution is 2.22. The molecule has 6 heteroatoms. The number of benzene rings is 1. The van der Waals surface area contributed by atoms with E-state index in [0.29, 0.717) is 29.6 Å². The molecule has 0 aliphatic carbocycles. The van der Waals surface area contributed by atoms with Crippen LogP contribution in [0.15, 0.2) is 18.2 Å². The topological polar surface area (TPSA) is 73.6 Å². The van der Waals surface area contributed by atoms with E-state index in [1.807, 2.05) is 13.8 Å². The molecule has 20 heavy (non-hydrogen) atoms. The Morgan fingerprint density at radius 2 is 1.95 bits per heavy atom. The fourth-order valence-electron chi connectivity index (χ4n) is 1.47. The standard InChI is InChI=1S/C14H21ClN2O3/c1-9(2)19-6-7-20-10(3)14(18)17-13-5-4-11(15)8-12(13)16/h4-5,8-10H,6-7,16H2,1-3H3,(H,17,18). The average molecular weight is 301 g/mol. The van der Waals surface area contributed by atoms with Gasteiger partial charge in [-0.3, -0.25) is 4.79 Å². The Balaban J connectivity index is 2.41. The van der Waals surface area contributed by atoms with Crippen LogP contribution in [0.3, 0.4) is 0 Å². The highest BCUT2D eigenvalue weighted by atomic mass is 35.5. The third kappa shape index (κ3) is 5.77. The van der Waals surface area contributed by atoms with Crippen LogP contribution in [0.5, 0.6) is 0 Å². The molecule has 1 unspecified atom stereocenters. The second-order valence-electron chi connectivity index (χ2n) is 4.65. The van der Waals surface area contributed by atoms with Gasteiger partial charge < -0.3 is 20.5 Å². The minimum atomic E-state index is -0.583. The first-order valence-corrected chi connectivity index (χ1v) is 6.87. The number of nitrogen functional groups attached to an aromatic ring is 1. The summed E-state index contributed by atoms with van der Waals surface area (Å²) in [5.41, 5.74) is 6.70. The summed E-state index contributed by atoms with van der Waals surface area (Å²) in [6.45, 7) is 6.39. The summed E-state index contributed by atoms with van der Waals surface area (Å²) in [5, 5.41) is 3.22. The minimum absolute atomic E-state index is 0.150. The summed E-state index contributed by atoms with van der Waals surface area (Å²) in [7, 11) is 0. The Kier molecular flexibility index (Phi) is 6.78. The van der Waals surface area contributed by atoms with Crippen molar-refractivity contribution < 1.29 is 14.3 Å². The smallest absolute Gasteiger partial charge is 0.253 e. The number of halogens is 1. The van der Waals surface area contributed by atoms with Gasteiger partial charge in [0.1, 0.15) is 6.10 Å². The number of rotatable bonds is 7. The summed E-state index contributed by atoms with van der Waals surface area (Å²) in [4.78, 5) is 11.9. The molecule has 0 aliphatic rings. The van der Waals surface area contributed by atoms with Gasteiger partial charge in [-0.25, -0.2) is 0 Å². The maximum atomic E-state index is 11.9. The lowest BCUT2D eigenvalue weighted by molar-refractivity contribution is -0.127. The van der Waals surface area contributed by atoms with Crippen molar-refractivity contribution in [2.45, 2.75) is 33.0 Å². The molecule has 5 nitrogen and oxygen atoms in total. The molecule has 0 aliphatic heterocycles. The van der Waals surface area contributed by atoms with Crippen molar-refractivity contribution >= 4 is 28.9 Å². The second-order valence-corrected chi connectivity index (χ2v) is 5.09. The van der Waals surface area contributed by atoms with Crippen LogP contribution in [-0.4, -0.2) is 31.3 Å². The van der Waals surface area contributed by atoms with Crippen molar-refractivity contribution in [3.05, 3.63) is 23.2 Å². The molecule has 0 spiro atoms. The van der Waals surface area contributed by atoms with Gasteiger partial charge >= 0.3 is 0 Å². The van der Waals surface area contributed by atoms with Crippen molar-refractivity contribution in [2.75, 3.05) is 24.3 Å². The van der Waals surface area contributed by atoms with Crippen molar-refractivity contribution in [1.29, 1.82) is 0 Å². The number of nitrogens with one attached hydrogen (secondary N) is 1. The number of hydrogen-bond donors (Lipinski definition) is 2. The number of anilines is 2. The molecule has 1 atom stereocenters. The highest BCUT2D eigenvalue weighted by Gasteiger charge is 2.14. The highest BCUT2D eigenvalue weighted by molar-refractivity contribution is 6.31. The quantitative estimate of drug-likeness (QED) is 0.600. The molecule has 1 aromatic rings. The molecule has 0 radical (unpaired) electrons. The average Bonchev–Trinajstić information content (AvgIpc) is 2.37. The first kappa shape index (κ1) is 16.8. The molecule has 1 amide bonds. The van der Waals surface area contributed by atoms with Crippen LogP contribution in [0.4, 0.5) is 11.4 Å². The second kappa shape index (κ2) is 8.09. The molecule has 1 aromatic carbocycles. The monoisotopic (exact) mass is 300 g/mol. The Hall–Kier alpha value is -1.30. The first-order valence-electron chi connectivity index (χ1n) is 6.49. The van der Waals surface area contributed by atoms with E-state index in [1.54, 1.807) is 25.1 Å².